The number of fused-ring (bicyclic) bond motifs is 1. The van der Waals surface area contributed by atoms with Crippen molar-refractivity contribution in [3.05, 3.63) is 16.0 Å². The van der Waals surface area contributed by atoms with Crippen molar-refractivity contribution in [2.45, 2.75) is 44.9 Å². The van der Waals surface area contributed by atoms with Crippen molar-refractivity contribution >= 4 is 18.0 Å². The first-order chi connectivity index (χ1) is 9.78. The normalized spacial score (nSPS) is 21.1. The molecule has 5 heteroatoms. The minimum Gasteiger partial charge on any atom is -0.370 e. The third-order valence-corrected chi connectivity index (χ3v) is 4.85. The highest BCUT2D eigenvalue weighted by Gasteiger charge is 2.24. The van der Waals surface area contributed by atoms with E-state index in [-0.39, 0.29) is 0 Å². The average molecular weight is 292 g/mol. The lowest BCUT2D eigenvalue weighted by Crippen LogP contribution is -2.33. The van der Waals surface area contributed by atoms with Crippen molar-refractivity contribution in [2.24, 2.45) is 0 Å². The Labute approximate surface area is 126 Å². The Balaban J connectivity index is 1.89. The van der Waals surface area contributed by atoms with Crippen LogP contribution in [0, 0.1) is 4.77 Å². The number of H-pyrrole nitrogens is 1. The van der Waals surface area contributed by atoms with Gasteiger partial charge in [-0.15, -0.1) is 0 Å². The molecule has 0 spiro atoms. The molecule has 0 atom stereocenters. The standard InChI is InChI=1S/C15H24N4S/c1-2-19-9-6-11(7-10-19)13-12-5-3-4-8-16-14(12)18-15(20)17-13/h11H,2-10H2,1H3,(H2,16,17,18,20). The van der Waals surface area contributed by atoms with E-state index in [1.807, 2.05) is 0 Å². The summed E-state index contributed by atoms with van der Waals surface area (Å²) < 4.78 is 0.631. The molecular formula is C15H24N4S. The Bertz CT molecular complexity index is 517. The van der Waals surface area contributed by atoms with Gasteiger partial charge in [-0.05, 0) is 64.0 Å². The number of aromatic nitrogens is 2. The molecule has 3 heterocycles. The molecule has 2 N–H and O–H groups in total. The van der Waals surface area contributed by atoms with Crippen molar-refractivity contribution < 1.29 is 0 Å². The van der Waals surface area contributed by atoms with Gasteiger partial charge in [0.25, 0.3) is 0 Å². The lowest BCUT2D eigenvalue weighted by atomic mass is 9.89. The number of hydrogen-bond acceptors (Lipinski definition) is 4. The van der Waals surface area contributed by atoms with Gasteiger partial charge in [0.15, 0.2) is 4.77 Å². The molecule has 2 aliphatic rings. The minimum absolute atomic E-state index is 0.621. The summed E-state index contributed by atoms with van der Waals surface area (Å²) in [5, 5.41) is 3.46. The summed E-state index contributed by atoms with van der Waals surface area (Å²) in [5.74, 6) is 1.66. The minimum atomic E-state index is 0.621. The molecule has 0 bridgehead atoms. The number of piperidine rings is 1. The van der Waals surface area contributed by atoms with Gasteiger partial charge in [-0.25, -0.2) is 4.98 Å². The van der Waals surface area contributed by atoms with E-state index >= 15 is 0 Å². The zero-order valence-corrected chi connectivity index (χ0v) is 13.1. The van der Waals surface area contributed by atoms with Gasteiger partial charge in [0, 0.05) is 23.7 Å². The third kappa shape index (κ3) is 2.88. The van der Waals surface area contributed by atoms with Gasteiger partial charge >= 0.3 is 0 Å². The molecule has 1 fully saturated rings. The molecule has 0 amide bonds. The first kappa shape index (κ1) is 14.0. The van der Waals surface area contributed by atoms with Gasteiger partial charge in [0.05, 0.1) is 0 Å². The predicted molar refractivity (Wildman–Crippen MR) is 84.9 cm³/mol. The molecule has 0 aromatic carbocycles. The lowest BCUT2D eigenvalue weighted by Gasteiger charge is -2.32. The number of aromatic amines is 1. The molecule has 0 aliphatic carbocycles. The smallest absolute Gasteiger partial charge is 0.198 e. The van der Waals surface area contributed by atoms with Crippen LogP contribution in [0.25, 0.3) is 0 Å². The second kappa shape index (κ2) is 6.22. The summed E-state index contributed by atoms with van der Waals surface area (Å²) in [6, 6.07) is 0. The predicted octanol–water partition coefficient (Wildman–Crippen LogP) is 3.09. The first-order valence-corrected chi connectivity index (χ1v) is 8.28. The van der Waals surface area contributed by atoms with Crippen molar-refractivity contribution in [1.82, 2.24) is 14.9 Å². The number of likely N-dealkylation sites (tertiary alicyclic amines) is 1. The molecule has 1 aromatic rings. The second-order valence-electron chi connectivity index (χ2n) is 5.88. The maximum absolute atomic E-state index is 5.33. The van der Waals surface area contributed by atoms with Crippen LogP contribution < -0.4 is 5.32 Å². The van der Waals surface area contributed by atoms with Crippen LogP contribution in [0.3, 0.4) is 0 Å². The van der Waals surface area contributed by atoms with Crippen LogP contribution in [0.4, 0.5) is 5.82 Å². The Morgan fingerprint density at radius 2 is 2.10 bits per heavy atom. The fourth-order valence-electron chi connectivity index (χ4n) is 3.43. The highest BCUT2D eigenvalue weighted by molar-refractivity contribution is 7.71. The van der Waals surface area contributed by atoms with Gasteiger partial charge in [-0.3, -0.25) is 0 Å². The fourth-order valence-corrected chi connectivity index (χ4v) is 3.64. The SMILES string of the molecule is CCN1CCC(c2[nH]c(=S)nc3c2CCCCN3)CC1. The quantitative estimate of drug-likeness (QED) is 0.822. The Hall–Kier alpha value is -0.940. The summed E-state index contributed by atoms with van der Waals surface area (Å²) in [6.07, 6.45) is 6.06. The molecule has 110 valence electrons. The maximum Gasteiger partial charge on any atom is 0.198 e. The van der Waals surface area contributed by atoms with Gasteiger partial charge in [-0.2, -0.15) is 0 Å². The summed E-state index contributed by atoms with van der Waals surface area (Å²) in [7, 11) is 0. The lowest BCUT2D eigenvalue weighted by molar-refractivity contribution is 0.220. The average Bonchev–Trinajstić information content (AvgIpc) is 2.71. The van der Waals surface area contributed by atoms with E-state index in [1.165, 1.54) is 56.6 Å². The van der Waals surface area contributed by atoms with Crippen LogP contribution in [-0.2, 0) is 6.42 Å². The Morgan fingerprint density at radius 1 is 1.30 bits per heavy atom. The molecular weight excluding hydrogens is 268 g/mol. The highest BCUT2D eigenvalue weighted by Crippen LogP contribution is 2.33. The van der Waals surface area contributed by atoms with E-state index in [1.54, 1.807) is 0 Å². The fraction of sp³-hybridized carbons (Fsp3) is 0.733. The number of rotatable bonds is 2. The van der Waals surface area contributed by atoms with Crippen LogP contribution in [0.5, 0.6) is 0 Å². The maximum atomic E-state index is 5.33. The molecule has 0 radical (unpaired) electrons. The van der Waals surface area contributed by atoms with Crippen LogP contribution in [0.15, 0.2) is 0 Å². The van der Waals surface area contributed by atoms with Crippen molar-refractivity contribution in [3.8, 4) is 0 Å². The molecule has 1 saturated heterocycles. The summed E-state index contributed by atoms with van der Waals surface area (Å²) >= 11 is 5.33. The summed E-state index contributed by atoms with van der Waals surface area (Å²) in [4.78, 5) is 10.4. The van der Waals surface area contributed by atoms with Gasteiger partial charge in [0.1, 0.15) is 5.82 Å². The van der Waals surface area contributed by atoms with Crippen molar-refractivity contribution in [1.29, 1.82) is 0 Å². The van der Waals surface area contributed by atoms with Crippen LogP contribution in [0.2, 0.25) is 0 Å². The molecule has 2 aliphatic heterocycles. The van der Waals surface area contributed by atoms with Crippen molar-refractivity contribution in [2.75, 3.05) is 31.5 Å². The second-order valence-corrected chi connectivity index (χ2v) is 6.26. The molecule has 1 aromatic heterocycles. The molecule has 3 rings (SSSR count). The van der Waals surface area contributed by atoms with E-state index in [9.17, 15) is 0 Å². The molecule has 4 nitrogen and oxygen atoms in total. The van der Waals surface area contributed by atoms with Gasteiger partial charge in [0.2, 0.25) is 0 Å². The Morgan fingerprint density at radius 3 is 2.85 bits per heavy atom. The number of hydrogen-bond donors (Lipinski definition) is 2. The molecule has 20 heavy (non-hydrogen) atoms. The van der Waals surface area contributed by atoms with Gasteiger partial charge in [-0.1, -0.05) is 6.92 Å². The monoisotopic (exact) mass is 292 g/mol. The third-order valence-electron chi connectivity index (χ3n) is 4.65. The zero-order valence-electron chi connectivity index (χ0n) is 12.2. The largest absolute Gasteiger partial charge is 0.370 e. The molecule has 0 unspecified atom stereocenters. The van der Waals surface area contributed by atoms with Crippen LogP contribution >= 0.6 is 12.2 Å². The van der Waals surface area contributed by atoms with Crippen molar-refractivity contribution in [3.63, 3.8) is 0 Å². The zero-order chi connectivity index (χ0) is 13.9. The first-order valence-electron chi connectivity index (χ1n) is 7.87. The van der Waals surface area contributed by atoms with E-state index in [2.05, 4.69) is 27.1 Å². The van der Waals surface area contributed by atoms with E-state index in [0.29, 0.717) is 10.7 Å². The number of anilines is 1. The summed E-state index contributed by atoms with van der Waals surface area (Å²) in [5.41, 5.74) is 2.76. The van der Waals surface area contributed by atoms with E-state index in [4.69, 9.17) is 12.2 Å². The topological polar surface area (TPSA) is 44.0 Å². The summed E-state index contributed by atoms with van der Waals surface area (Å²) in [6.45, 7) is 6.83. The van der Waals surface area contributed by atoms with E-state index in [0.717, 1.165) is 18.8 Å². The van der Waals surface area contributed by atoms with Gasteiger partial charge < -0.3 is 15.2 Å². The van der Waals surface area contributed by atoms with Crippen LogP contribution in [0.1, 0.15) is 49.8 Å². The van der Waals surface area contributed by atoms with E-state index < -0.39 is 0 Å². The molecule has 0 saturated carbocycles. The Kier molecular flexibility index (Phi) is 4.36. The highest BCUT2D eigenvalue weighted by atomic mass is 32.1. The van der Waals surface area contributed by atoms with Crippen LogP contribution in [-0.4, -0.2) is 41.0 Å². The number of nitrogens with zero attached hydrogens (tertiary/aromatic N) is 2. The number of nitrogens with one attached hydrogen (secondary N) is 2.